The van der Waals surface area contributed by atoms with Gasteiger partial charge in [0, 0.05) is 11.6 Å². The van der Waals surface area contributed by atoms with Gasteiger partial charge in [0.1, 0.15) is 0 Å². The third kappa shape index (κ3) is 2.47. The van der Waals surface area contributed by atoms with Gasteiger partial charge in [-0.2, -0.15) is 5.26 Å². The third-order valence-corrected chi connectivity index (χ3v) is 3.49. The molecule has 1 amide bonds. The van der Waals surface area contributed by atoms with Gasteiger partial charge in [0.2, 0.25) is 0 Å². The van der Waals surface area contributed by atoms with Crippen molar-refractivity contribution in [3.63, 3.8) is 0 Å². The largest absolute Gasteiger partial charge is 0.361 e. The van der Waals surface area contributed by atoms with E-state index in [1.807, 2.05) is 24.3 Å². The molecular weight excluding hydrogens is 286 g/mol. The molecule has 0 fully saturated rings. The van der Waals surface area contributed by atoms with E-state index in [1.165, 1.54) is 6.07 Å². The number of H-pyrrole nitrogens is 1. The van der Waals surface area contributed by atoms with Crippen molar-refractivity contribution in [2.45, 2.75) is 0 Å². The van der Waals surface area contributed by atoms with Gasteiger partial charge in [0.25, 0.3) is 5.91 Å². The molecule has 0 radical (unpaired) electrons. The second kappa shape index (κ2) is 5.31. The van der Waals surface area contributed by atoms with Gasteiger partial charge in [0.05, 0.1) is 33.4 Å². The number of hydrogen-bond acceptors (Lipinski definition) is 2. The number of nitrogens with zero attached hydrogens (tertiary/aromatic N) is 1. The minimum absolute atomic E-state index is 0.255. The van der Waals surface area contributed by atoms with Gasteiger partial charge < -0.3 is 10.3 Å². The minimum Gasteiger partial charge on any atom is -0.361 e. The Bertz CT molecular complexity index is 877. The molecule has 0 aliphatic rings. The molecule has 0 unspecified atom stereocenters. The molecule has 0 saturated carbocycles. The number of amides is 1. The number of aromatic amines is 1. The molecule has 2 N–H and O–H groups in total. The van der Waals surface area contributed by atoms with Crippen LogP contribution >= 0.6 is 11.6 Å². The summed E-state index contributed by atoms with van der Waals surface area (Å²) in [5.41, 5.74) is 2.24. The van der Waals surface area contributed by atoms with E-state index in [0.29, 0.717) is 21.8 Å². The molecule has 0 aliphatic carbocycles. The summed E-state index contributed by atoms with van der Waals surface area (Å²) >= 11 is 6.06. The fourth-order valence-corrected chi connectivity index (χ4v) is 2.38. The van der Waals surface area contributed by atoms with E-state index < -0.39 is 0 Å². The smallest absolute Gasteiger partial charge is 0.257 e. The van der Waals surface area contributed by atoms with E-state index in [-0.39, 0.29) is 5.91 Å². The van der Waals surface area contributed by atoms with Crippen LogP contribution in [0.1, 0.15) is 15.9 Å². The Morgan fingerprint density at radius 1 is 1.24 bits per heavy atom. The number of halogens is 1. The SMILES string of the molecule is N#Cc1ccc(NC(=O)c2cccc3cc[nH]c23)c(Cl)c1. The molecule has 4 nitrogen and oxygen atoms in total. The number of fused-ring (bicyclic) bond motifs is 1. The molecule has 2 aromatic carbocycles. The average Bonchev–Trinajstić information content (AvgIpc) is 2.97. The van der Waals surface area contributed by atoms with Gasteiger partial charge in [-0.15, -0.1) is 0 Å². The highest BCUT2D eigenvalue weighted by Crippen LogP contribution is 2.24. The number of nitriles is 1. The summed E-state index contributed by atoms with van der Waals surface area (Å²) < 4.78 is 0. The van der Waals surface area contributed by atoms with E-state index in [2.05, 4.69) is 10.3 Å². The number of aromatic nitrogens is 1. The zero-order valence-electron chi connectivity index (χ0n) is 10.9. The lowest BCUT2D eigenvalue weighted by atomic mass is 10.1. The normalized spacial score (nSPS) is 10.3. The number of nitrogens with one attached hydrogen (secondary N) is 2. The van der Waals surface area contributed by atoms with Crippen LogP contribution in [0.15, 0.2) is 48.7 Å². The Kier molecular flexibility index (Phi) is 3.35. The highest BCUT2D eigenvalue weighted by atomic mass is 35.5. The quantitative estimate of drug-likeness (QED) is 0.751. The first-order chi connectivity index (χ1) is 10.2. The van der Waals surface area contributed by atoms with Gasteiger partial charge in [-0.25, -0.2) is 0 Å². The molecular formula is C16H10ClN3O. The second-order valence-electron chi connectivity index (χ2n) is 4.51. The number of carbonyl (C=O) groups is 1. The van der Waals surface area contributed by atoms with Crippen LogP contribution < -0.4 is 5.32 Å². The van der Waals surface area contributed by atoms with Crippen molar-refractivity contribution in [1.82, 2.24) is 4.98 Å². The molecule has 1 aromatic heterocycles. The fourth-order valence-electron chi connectivity index (χ4n) is 2.15. The molecule has 21 heavy (non-hydrogen) atoms. The van der Waals surface area contributed by atoms with Crippen LogP contribution in [-0.2, 0) is 0 Å². The predicted octanol–water partition coefficient (Wildman–Crippen LogP) is 3.95. The van der Waals surface area contributed by atoms with Crippen LogP contribution in [0.4, 0.5) is 5.69 Å². The van der Waals surface area contributed by atoms with Gasteiger partial charge in [-0.3, -0.25) is 4.79 Å². The maximum absolute atomic E-state index is 12.4. The average molecular weight is 296 g/mol. The first-order valence-corrected chi connectivity index (χ1v) is 6.64. The Hall–Kier alpha value is -2.77. The third-order valence-electron chi connectivity index (χ3n) is 3.18. The summed E-state index contributed by atoms with van der Waals surface area (Å²) in [6.07, 6.45) is 1.79. The van der Waals surface area contributed by atoms with Crippen LogP contribution in [0.3, 0.4) is 0 Å². The van der Waals surface area contributed by atoms with Gasteiger partial charge in [-0.1, -0.05) is 23.7 Å². The molecule has 102 valence electrons. The van der Waals surface area contributed by atoms with Crippen molar-refractivity contribution in [2.75, 3.05) is 5.32 Å². The van der Waals surface area contributed by atoms with E-state index in [1.54, 1.807) is 24.4 Å². The Labute approximate surface area is 126 Å². The molecule has 0 atom stereocenters. The Balaban J connectivity index is 1.94. The standard InChI is InChI=1S/C16H10ClN3O/c17-13-8-10(9-18)4-5-14(13)20-16(21)12-3-1-2-11-6-7-19-15(11)12/h1-8,19H,(H,20,21). The molecule has 0 bridgehead atoms. The molecule has 0 aliphatic heterocycles. The minimum atomic E-state index is -0.255. The van der Waals surface area contributed by atoms with Crippen molar-refractivity contribution >= 4 is 34.1 Å². The zero-order valence-corrected chi connectivity index (χ0v) is 11.6. The van der Waals surface area contributed by atoms with E-state index >= 15 is 0 Å². The summed E-state index contributed by atoms with van der Waals surface area (Å²) in [5, 5.41) is 12.9. The summed E-state index contributed by atoms with van der Waals surface area (Å²) in [4.78, 5) is 15.4. The van der Waals surface area contributed by atoms with Crippen molar-refractivity contribution in [3.8, 4) is 6.07 Å². The first kappa shape index (κ1) is 13.2. The van der Waals surface area contributed by atoms with Gasteiger partial charge >= 0.3 is 0 Å². The number of carbonyl (C=O) groups excluding carboxylic acids is 1. The topological polar surface area (TPSA) is 68.7 Å². The highest BCUT2D eigenvalue weighted by molar-refractivity contribution is 6.34. The lowest BCUT2D eigenvalue weighted by Crippen LogP contribution is -2.12. The lowest BCUT2D eigenvalue weighted by Gasteiger charge is -2.08. The van der Waals surface area contributed by atoms with Crippen LogP contribution in [0.5, 0.6) is 0 Å². The Morgan fingerprint density at radius 2 is 2.10 bits per heavy atom. The highest BCUT2D eigenvalue weighted by Gasteiger charge is 2.12. The van der Waals surface area contributed by atoms with E-state index in [9.17, 15) is 4.79 Å². The summed E-state index contributed by atoms with van der Waals surface area (Å²) in [6, 6.07) is 14.1. The van der Waals surface area contributed by atoms with Crippen LogP contribution in [0.2, 0.25) is 5.02 Å². The van der Waals surface area contributed by atoms with Crippen molar-refractivity contribution in [2.24, 2.45) is 0 Å². The molecule has 0 saturated heterocycles. The molecule has 0 spiro atoms. The number of benzene rings is 2. The number of para-hydroxylation sites is 1. The van der Waals surface area contributed by atoms with E-state index in [4.69, 9.17) is 16.9 Å². The first-order valence-electron chi connectivity index (χ1n) is 6.26. The van der Waals surface area contributed by atoms with Crippen LogP contribution in [-0.4, -0.2) is 10.9 Å². The number of rotatable bonds is 2. The van der Waals surface area contributed by atoms with Crippen LogP contribution in [0.25, 0.3) is 10.9 Å². The van der Waals surface area contributed by atoms with Crippen molar-refractivity contribution in [3.05, 3.63) is 64.8 Å². The summed E-state index contributed by atoms with van der Waals surface area (Å²) in [7, 11) is 0. The monoisotopic (exact) mass is 295 g/mol. The van der Waals surface area contributed by atoms with Crippen LogP contribution in [0, 0.1) is 11.3 Å². The van der Waals surface area contributed by atoms with Gasteiger partial charge in [-0.05, 0) is 30.3 Å². The number of anilines is 1. The van der Waals surface area contributed by atoms with Crippen molar-refractivity contribution < 1.29 is 4.79 Å². The fraction of sp³-hybridized carbons (Fsp3) is 0. The lowest BCUT2D eigenvalue weighted by molar-refractivity contribution is 0.102. The summed E-state index contributed by atoms with van der Waals surface area (Å²) in [6.45, 7) is 0. The molecule has 3 aromatic rings. The van der Waals surface area contributed by atoms with Gasteiger partial charge in [0.15, 0.2) is 0 Å². The maximum atomic E-state index is 12.4. The molecule has 5 heteroatoms. The maximum Gasteiger partial charge on any atom is 0.257 e. The molecule has 1 heterocycles. The zero-order chi connectivity index (χ0) is 14.8. The predicted molar refractivity (Wildman–Crippen MR) is 82.4 cm³/mol. The molecule has 3 rings (SSSR count). The Morgan fingerprint density at radius 3 is 2.86 bits per heavy atom. The second-order valence-corrected chi connectivity index (χ2v) is 4.92. The number of hydrogen-bond donors (Lipinski definition) is 2. The van der Waals surface area contributed by atoms with Crippen molar-refractivity contribution in [1.29, 1.82) is 5.26 Å². The summed E-state index contributed by atoms with van der Waals surface area (Å²) in [5.74, 6) is -0.255. The van der Waals surface area contributed by atoms with E-state index in [0.717, 1.165) is 10.9 Å².